The molecule has 4 heterocycles. The number of carboxylic acid groups (broad SMARTS) is 1. The van der Waals surface area contributed by atoms with Crippen LogP contribution in [0.1, 0.15) is 58.5 Å². The zero-order valence-corrected chi connectivity index (χ0v) is 38.7. The number of nitrogens with zero attached hydrogens (tertiary/aromatic N) is 3. The number of rotatable bonds is 12. The molecule has 0 saturated carbocycles. The minimum atomic E-state index is -0.876. The topological polar surface area (TPSA) is 137 Å². The molecule has 0 bridgehead atoms. The van der Waals surface area contributed by atoms with Gasteiger partial charge in [-0.2, -0.15) is 0 Å². The number of hydrogen-bond donors (Lipinski definition) is 2. The molecule has 8 aromatic rings. The first-order chi connectivity index (χ1) is 33.8. The number of piperazine rings is 2. The summed E-state index contributed by atoms with van der Waals surface area (Å²) in [6.45, 7) is 5.63. The van der Waals surface area contributed by atoms with Crippen LogP contribution in [0.4, 0.5) is 0 Å². The molecule has 2 saturated heterocycles. The van der Waals surface area contributed by atoms with E-state index in [-0.39, 0.29) is 42.4 Å². The Morgan fingerprint density at radius 1 is 0.435 bits per heavy atom. The molecule has 3 amide bonds. The number of aliphatic carboxylic acids is 1. The van der Waals surface area contributed by atoms with Crippen LogP contribution in [0.25, 0.3) is 21.9 Å². The van der Waals surface area contributed by atoms with Crippen LogP contribution in [0, 0.1) is 0 Å². The first-order valence-corrected chi connectivity index (χ1v) is 23.7. The molecule has 352 valence electrons. The molecular weight excluding hydrogens is 865 g/mol. The number of amides is 3. The fraction of sp³-hybridized carbons (Fsp3) is 0.241. The summed E-state index contributed by atoms with van der Waals surface area (Å²) in [6, 6.07) is 60.0. The summed E-state index contributed by atoms with van der Waals surface area (Å²) in [7, 11) is 0. The zero-order chi connectivity index (χ0) is 47.8. The van der Waals surface area contributed by atoms with Crippen LogP contribution in [0.2, 0.25) is 0 Å². The van der Waals surface area contributed by atoms with Gasteiger partial charge in [0.25, 0.3) is 0 Å². The number of carbonyl (C=O) groups excluding carboxylic acids is 3. The predicted octanol–water partition coefficient (Wildman–Crippen LogP) is 9.57. The summed E-state index contributed by atoms with van der Waals surface area (Å²) in [6.07, 6.45) is 1.14. The van der Waals surface area contributed by atoms with E-state index in [0.29, 0.717) is 50.5 Å². The molecule has 69 heavy (non-hydrogen) atoms. The second-order valence-corrected chi connectivity index (χ2v) is 17.3. The van der Waals surface area contributed by atoms with Crippen molar-refractivity contribution in [1.29, 1.82) is 0 Å². The lowest BCUT2D eigenvalue weighted by Crippen LogP contribution is -2.51. The monoisotopic (exact) mass is 922 g/mol. The summed E-state index contributed by atoms with van der Waals surface area (Å²) < 4.78 is 11.1. The molecule has 2 aromatic heterocycles. The SMILES string of the molecule is O=C(CC(c1ccccc1)c1ccccc1)N1CCNCC1.O=C(Cc1cc2ccccc2o1)N1CCN(C(=O)CC(c2ccccc2)c2ccccc2)CC1.O=C(O)Cc1cc2ccccc2o1. The Hall–Kier alpha value is -7.76. The smallest absolute Gasteiger partial charge is 0.311 e. The molecule has 0 unspecified atom stereocenters. The van der Waals surface area contributed by atoms with Gasteiger partial charge in [-0.1, -0.05) is 158 Å². The summed E-state index contributed by atoms with van der Waals surface area (Å²) in [5.41, 5.74) is 6.23. The third kappa shape index (κ3) is 13.2. The van der Waals surface area contributed by atoms with E-state index in [2.05, 4.69) is 53.8 Å². The lowest BCUT2D eigenvalue weighted by atomic mass is 9.88. The van der Waals surface area contributed by atoms with Crippen molar-refractivity contribution in [1.82, 2.24) is 20.0 Å². The molecule has 2 aliphatic rings. The number of furan rings is 2. The lowest BCUT2D eigenvalue weighted by Gasteiger charge is -2.35. The maximum atomic E-state index is 13.2. The fourth-order valence-electron chi connectivity index (χ4n) is 8.98. The third-order valence-electron chi connectivity index (χ3n) is 12.6. The third-order valence-corrected chi connectivity index (χ3v) is 12.6. The number of para-hydroxylation sites is 2. The van der Waals surface area contributed by atoms with Crippen LogP contribution >= 0.6 is 0 Å². The summed E-state index contributed by atoms with van der Waals surface area (Å²) in [5.74, 6) is 0.859. The number of benzene rings is 6. The Labute approximate surface area is 403 Å². The maximum Gasteiger partial charge on any atom is 0.311 e. The Morgan fingerprint density at radius 3 is 1.14 bits per heavy atom. The van der Waals surface area contributed by atoms with Gasteiger partial charge in [-0.15, -0.1) is 0 Å². The van der Waals surface area contributed by atoms with E-state index in [4.69, 9.17) is 13.9 Å². The molecular formula is C58H58N4O7. The average molecular weight is 923 g/mol. The van der Waals surface area contributed by atoms with Gasteiger partial charge in [0.15, 0.2) is 0 Å². The Kier molecular flexibility index (Phi) is 16.5. The molecule has 6 aromatic carbocycles. The van der Waals surface area contributed by atoms with Crippen LogP contribution in [0.5, 0.6) is 0 Å². The second-order valence-electron chi connectivity index (χ2n) is 17.3. The number of carboxylic acids is 1. The summed E-state index contributed by atoms with van der Waals surface area (Å²) in [5, 5.41) is 13.8. The first-order valence-electron chi connectivity index (χ1n) is 23.7. The highest BCUT2D eigenvalue weighted by atomic mass is 16.4. The van der Waals surface area contributed by atoms with E-state index >= 15 is 0 Å². The minimum Gasteiger partial charge on any atom is -0.481 e. The van der Waals surface area contributed by atoms with Crippen LogP contribution < -0.4 is 5.32 Å². The lowest BCUT2D eigenvalue weighted by molar-refractivity contribution is -0.139. The largest absolute Gasteiger partial charge is 0.481 e. The molecule has 11 heteroatoms. The predicted molar refractivity (Wildman–Crippen MR) is 269 cm³/mol. The highest BCUT2D eigenvalue weighted by molar-refractivity contribution is 5.83. The van der Waals surface area contributed by atoms with Gasteiger partial charge in [0.2, 0.25) is 17.7 Å². The van der Waals surface area contributed by atoms with E-state index in [1.165, 1.54) is 11.1 Å². The maximum absolute atomic E-state index is 13.2. The first kappa shape index (κ1) is 47.7. The van der Waals surface area contributed by atoms with E-state index in [0.717, 1.165) is 59.2 Å². The van der Waals surface area contributed by atoms with Crippen molar-refractivity contribution in [3.05, 3.63) is 216 Å². The fourth-order valence-corrected chi connectivity index (χ4v) is 8.98. The van der Waals surface area contributed by atoms with Gasteiger partial charge in [-0.3, -0.25) is 19.2 Å². The van der Waals surface area contributed by atoms with Crippen LogP contribution in [0.15, 0.2) is 191 Å². The summed E-state index contributed by atoms with van der Waals surface area (Å²) in [4.78, 5) is 54.8. The molecule has 2 aliphatic heterocycles. The van der Waals surface area contributed by atoms with Crippen molar-refractivity contribution in [2.45, 2.75) is 37.5 Å². The highest BCUT2D eigenvalue weighted by Crippen LogP contribution is 2.30. The van der Waals surface area contributed by atoms with E-state index in [9.17, 15) is 19.2 Å². The average Bonchev–Trinajstić information content (AvgIpc) is 4.01. The van der Waals surface area contributed by atoms with Gasteiger partial charge in [0, 0.05) is 87.8 Å². The molecule has 10 rings (SSSR count). The molecule has 0 aliphatic carbocycles. The van der Waals surface area contributed by atoms with E-state index < -0.39 is 5.97 Å². The van der Waals surface area contributed by atoms with Gasteiger partial charge in [-0.25, -0.2) is 0 Å². The second kappa shape index (κ2) is 23.8. The van der Waals surface area contributed by atoms with Crippen LogP contribution in [-0.2, 0) is 32.0 Å². The number of fused-ring (bicyclic) bond motifs is 2. The van der Waals surface area contributed by atoms with Gasteiger partial charge in [0.1, 0.15) is 29.1 Å². The summed E-state index contributed by atoms with van der Waals surface area (Å²) >= 11 is 0. The standard InChI is InChI=1S/C29H28N2O3.C19H22N2O.C10H8O3/c32-28(20-25-19-24-13-7-8-14-27(24)34-25)30-15-17-31(18-16-30)29(33)21-26(22-9-3-1-4-10-22)23-11-5-2-6-12-23;22-19(21-13-11-20-12-14-21)15-18(16-7-3-1-4-8-16)17-9-5-2-6-10-17;11-10(12)6-8-5-7-3-1-2-4-9(7)13-8/h1-14,19,26H,15-18,20-21H2;1-10,18,20H,11-15H2;1-5H,6H2,(H,11,12). The molecule has 11 nitrogen and oxygen atoms in total. The number of nitrogens with one attached hydrogen (secondary N) is 1. The van der Waals surface area contributed by atoms with Crippen molar-refractivity contribution < 1.29 is 33.1 Å². The van der Waals surface area contributed by atoms with E-state index in [1.807, 2.05) is 142 Å². The quantitative estimate of drug-likeness (QED) is 0.124. The Balaban J connectivity index is 0.000000156. The van der Waals surface area contributed by atoms with Crippen molar-refractivity contribution in [2.75, 3.05) is 52.4 Å². The molecule has 0 radical (unpaired) electrons. The van der Waals surface area contributed by atoms with Gasteiger partial charge < -0.3 is 34.0 Å². The van der Waals surface area contributed by atoms with Crippen molar-refractivity contribution in [2.24, 2.45) is 0 Å². The molecule has 0 atom stereocenters. The van der Waals surface area contributed by atoms with Gasteiger partial charge in [-0.05, 0) is 46.5 Å². The van der Waals surface area contributed by atoms with Crippen molar-refractivity contribution in [3.8, 4) is 0 Å². The number of carbonyl (C=O) groups is 4. The van der Waals surface area contributed by atoms with Crippen LogP contribution in [-0.4, -0.2) is 95.9 Å². The van der Waals surface area contributed by atoms with Gasteiger partial charge >= 0.3 is 5.97 Å². The van der Waals surface area contributed by atoms with Gasteiger partial charge in [0.05, 0.1) is 6.42 Å². The van der Waals surface area contributed by atoms with Crippen molar-refractivity contribution in [3.63, 3.8) is 0 Å². The molecule has 2 N–H and O–H groups in total. The van der Waals surface area contributed by atoms with E-state index in [1.54, 1.807) is 6.07 Å². The van der Waals surface area contributed by atoms with Crippen molar-refractivity contribution >= 4 is 45.6 Å². The Morgan fingerprint density at radius 2 is 0.768 bits per heavy atom. The Bertz CT molecular complexity index is 2740. The molecule has 2 fully saturated rings. The zero-order valence-electron chi connectivity index (χ0n) is 38.7. The molecule has 0 spiro atoms. The number of hydrogen-bond acceptors (Lipinski definition) is 7. The van der Waals surface area contributed by atoms with Crippen LogP contribution in [0.3, 0.4) is 0 Å². The minimum absolute atomic E-state index is 0.0163. The highest BCUT2D eigenvalue weighted by Gasteiger charge is 2.28. The normalized spacial score (nSPS) is 13.7.